The smallest absolute Gasteiger partial charge is 0.338 e. The summed E-state index contributed by atoms with van der Waals surface area (Å²) in [5, 5.41) is 2.88. The quantitative estimate of drug-likeness (QED) is 0.634. The minimum atomic E-state index is -3.75. The predicted octanol–water partition coefficient (Wildman–Crippen LogP) is 2.36. The van der Waals surface area contributed by atoms with Gasteiger partial charge in [-0.25, -0.2) is 17.9 Å². The largest absolute Gasteiger partial charge is 0.468 e. The first kappa shape index (κ1) is 21.1. The highest BCUT2D eigenvalue weighted by atomic mass is 32.2. The fraction of sp³-hybridized carbons (Fsp3) is 0.400. The molecule has 1 heterocycles. The third-order valence-electron chi connectivity index (χ3n) is 4.77. The van der Waals surface area contributed by atoms with Gasteiger partial charge in [0.15, 0.2) is 6.10 Å². The van der Waals surface area contributed by atoms with Crippen molar-refractivity contribution in [2.24, 2.45) is 0 Å². The zero-order chi connectivity index (χ0) is 20.9. The number of amides is 1. The zero-order valence-corrected chi connectivity index (χ0v) is 16.9. The normalized spacial score (nSPS) is 15.8. The summed E-state index contributed by atoms with van der Waals surface area (Å²) in [5.41, 5.74) is 0.163. The summed E-state index contributed by atoms with van der Waals surface area (Å²) >= 11 is 0. The number of sulfonamides is 1. The maximum absolute atomic E-state index is 12.3. The lowest BCUT2D eigenvalue weighted by molar-refractivity contribution is -0.129. The van der Waals surface area contributed by atoms with Crippen molar-refractivity contribution in [1.29, 1.82) is 0 Å². The molecule has 0 bridgehead atoms. The van der Waals surface area contributed by atoms with Crippen LogP contribution in [0.15, 0.2) is 52.0 Å². The molecule has 2 aromatic rings. The van der Waals surface area contributed by atoms with E-state index < -0.39 is 22.1 Å². The number of hydrogen-bond donors (Lipinski definition) is 2. The third kappa shape index (κ3) is 5.68. The second kappa shape index (κ2) is 9.23. The fourth-order valence-corrected chi connectivity index (χ4v) is 4.10. The summed E-state index contributed by atoms with van der Waals surface area (Å²) in [6, 6.07) is 8.79. The van der Waals surface area contributed by atoms with Crippen LogP contribution in [0.2, 0.25) is 0 Å². The van der Waals surface area contributed by atoms with Gasteiger partial charge in [-0.05, 0) is 56.2 Å². The molecule has 1 saturated carbocycles. The van der Waals surface area contributed by atoms with E-state index >= 15 is 0 Å². The van der Waals surface area contributed by atoms with Gasteiger partial charge in [-0.2, -0.15) is 0 Å². The van der Waals surface area contributed by atoms with E-state index in [0.29, 0.717) is 5.76 Å². The van der Waals surface area contributed by atoms with E-state index in [1.807, 2.05) is 0 Å². The molecule has 1 unspecified atom stereocenters. The molecule has 156 valence electrons. The predicted molar refractivity (Wildman–Crippen MR) is 104 cm³/mol. The average molecular weight is 420 g/mol. The van der Waals surface area contributed by atoms with Crippen molar-refractivity contribution < 1.29 is 27.2 Å². The molecular formula is C20H24N2O6S. The summed E-state index contributed by atoms with van der Waals surface area (Å²) in [7, 11) is -3.75. The Morgan fingerprint density at radius 2 is 1.86 bits per heavy atom. The molecule has 29 heavy (non-hydrogen) atoms. The van der Waals surface area contributed by atoms with E-state index in [1.54, 1.807) is 12.1 Å². The van der Waals surface area contributed by atoms with E-state index in [0.717, 1.165) is 25.7 Å². The van der Waals surface area contributed by atoms with E-state index in [9.17, 15) is 18.0 Å². The minimum Gasteiger partial charge on any atom is -0.468 e. The fourth-order valence-electron chi connectivity index (χ4n) is 3.10. The maximum atomic E-state index is 12.3. The molecule has 0 aliphatic heterocycles. The molecule has 0 spiro atoms. The Kier molecular flexibility index (Phi) is 6.71. The first-order valence-corrected chi connectivity index (χ1v) is 11.0. The molecule has 1 amide bonds. The molecule has 0 radical (unpaired) electrons. The molecule has 8 nitrogen and oxygen atoms in total. The van der Waals surface area contributed by atoms with Crippen molar-refractivity contribution in [2.45, 2.75) is 56.2 Å². The van der Waals surface area contributed by atoms with Crippen LogP contribution < -0.4 is 10.0 Å². The molecule has 1 fully saturated rings. The van der Waals surface area contributed by atoms with Gasteiger partial charge in [0.1, 0.15) is 5.76 Å². The van der Waals surface area contributed by atoms with Crippen LogP contribution in [0.5, 0.6) is 0 Å². The number of nitrogens with one attached hydrogen (secondary N) is 2. The van der Waals surface area contributed by atoms with Gasteiger partial charge in [-0.1, -0.05) is 12.8 Å². The van der Waals surface area contributed by atoms with Gasteiger partial charge < -0.3 is 14.5 Å². The van der Waals surface area contributed by atoms with E-state index in [4.69, 9.17) is 9.15 Å². The molecule has 1 aromatic carbocycles. The highest BCUT2D eigenvalue weighted by Crippen LogP contribution is 2.18. The van der Waals surface area contributed by atoms with Crippen LogP contribution in [-0.4, -0.2) is 32.4 Å². The molecule has 9 heteroatoms. The summed E-state index contributed by atoms with van der Waals surface area (Å²) < 4.78 is 37.3. The Bertz CT molecular complexity index is 932. The van der Waals surface area contributed by atoms with Crippen molar-refractivity contribution in [3.8, 4) is 0 Å². The summed E-state index contributed by atoms with van der Waals surface area (Å²) in [6.07, 6.45) is 4.59. The van der Waals surface area contributed by atoms with Gasteiger partial charge in [0, 0.05) is 6.04 Å². The Morgan fingerprint density at radius 3 is 2.48 bits per heavy atom. The molecule has 1 aliphatic rings. The zero-order valence-electron chi connectivity index (χ0n) is 16.1. The third-order valence-corrected chi connectivity index (χ3v) is 6.19. The first-order valence-electron chi connectivity index (χ1n) is 9.48. The van der Waals surface area contributed by atoms with Crippen molar-refractivity contribution in [2.75, 3.05) is 0 Å². The lowest BCUT2D eigenvalue weighted by Crippen LogP contribution is -2.40. The van der Waals surface area contributed by atoms with Crippen molar-refractivity contribution in [1.82, 2.24) is 10.0 Å². The highest BCUT2D eigenvalue weighted by Gasteiger charge is 2.24. The Labute approximate surface area is 169 Å². The molecule has 1 atom stereocenters. The van der Waals surface area contributed by atoms with Gasteiger partial charge in [0.25, 0.3) is 5.91 Å². The van der Waals surface area contributed by atoms with Gasteiger partial charge in [0.05, 0.1) is 23.3 Å². The van der Waals surface area contributed by atoms with Crippen LogP contribution in [0.25, 0.3) is 0 Å². The monoisotopic (exact) mass is 420 g/mol. The van der Waals surface area contributed by atoms with Crippen molar-refractivity contribution in [3.63, 3.8) is 0 Å². The lowest BCUT2D eigenvalue weighted by Gasteiger charge is -2.17. The Balaban J connectivity index is 1.55. The van der Waals surface area contributed by atoms with E-state index in [2.05, 4.69) is 10.0 Å². The average Bonchev–Trinajstić information content (AvgIpc) is 3.40. The summed E-state index contributed by atoms with van der Waals surface area (Å²) in [6.45, 7) is 1.53. The van der Waals surface area contributed by atoms with Crippen LogP contribution in [0.4, 0.5) is 0 Å². The van der Waals surface area contributed by atoms with Gasteiger partial charge >= 0.3 is 5.97 Å². The number of hydrogen-bond acceptors (Lipinski definition) is 6. The molecular weight excluding hydrogens is 396 g/mol. The summed E-state index contributed by atoms with van der Waals surface area (Å²) in [4.78, 5) is 24.4. The summed E-state index contributed by atoms with van der Waals surface area (Å²) in [5.74, 6) is -0.531. The molecule has 1 aromatic heterocycles. The van der Waals surface area contributed by atoms with Gasteiger partial charge in [0.2, 0.25) is 10.0 Å². The van der Waals surface area contributed by atoms with Crippen molar-refractivity contribution >= 4 is 21.9 Å². The van der Waals surface area contributed by atoms with E-state index in [1.165, 1.54) is 37.5 Å². The number of furan rings is 1. The van der Waals surface area contributed by atoms with Gasteiger partial charge in [-0.3, -0.25) is 4.79 Å². The van der Waals surface area contributed by atoms with Crippen LogP contribution >= 0.6 is 0 Å². The van der Waals surface area contributed by atoms with Crippen LogP contribution in [0.3, 0.4) is 0 Å². The van der Waals surface area contributed by atoms with Crippen molar-refractivity contribution in [3.05, 3.63) is 54.0 Å². The molecule has 0 saturated heterocycles. The van der Waals surface area contributed by atoms with Crippen LogP contribution in [-0.2, 0) is 26.1 Å². The SMILES string of the molecule is CC(OC(=O)c1ccc(S(=O)(=O)NCc2ccco2)cc1)C(=O)NC1CCCC1. The topological polar surface area (TPSA) is 115 Å². The number of carbonyl (C=O) groups is 2. The standard InChI is InChI=1S/C20H24N2O6S/c1-14(19(23)22-16-5-2-3-6-16)28-20(24)15-8-10-18(11-9-15)29(25,26)21-13-17-7-4-12-27-17/h4,7-12,14,16,21H,2-3,5-6,13H2,1H3,(H,22,23). The number of esters is 1. The maximum Gasteiger partial charge on any atom is 0.338 e. The Hall–Kier alpha value is -2.65. The van der Waals surface area contributed by atoms with E-state index in [-0.39, 0.29) is 29.0 Å². The van der Waals surface area contributed by atoms with Gasteiger partial charge in [-0.15, -0.1) is 0 Å². The number of rotatable bonds is 8. The molecule has 1 aliphatic carbocycles. The van der Waals surface area contributed by atoms with Crippen LogP contribution in [0, 0.1) is 0 Å². The molecule has 2 N–H and O–H groups in total. The first-order chi connectivity index (χ1) is 13.8. The Morgan fingerprint density at radius 1 is 1.17 bits per heavy atom. The highest BCUT2D eigenvalue weighted by molar-refractivity contribution is 7.89. The molecule has 3 rings (SSSR count). The number of benzene rings is 1. The number of carbonyl (C=O) groups excluding carboxylic acids is 2. The lowest BCUT2D eigenvalue weighted by atomic mass is 10.2. The number of ether oxygens (including phenoxy) is 1. The minimum absolute atomic E-state index is 0.00707. The van der Waals surface area contributed by atoms with Crippen LogP contribution in [0.1, 0.15) is 48.7 Å². The second-order valence-electron chi connectivity index (χ2n) is 6.97. The second-order valence-corrected chi connectivity index (χ2v) is 8.73.